The van der Waals surface area contributed by atoms with Crippen molar-refractivity contribution < 1.29 is 4.79 Å². The number of imidazole rings is 1. The summed E-state index contributed by atoms with van der Waals surface area (Å²) < 4.78 is 2.01. The maximum Gasteiger partial charge on any atom is 0.228 e. The van der Waals surface area contributed by atoms with Crippen LogP contribution in [0.15, 0.2) is 30.6 Å². The van der Waals surface area contributed by atoms with Crippen LogP contribution in [0.2, 0.25) is 0 Å². The topological polar surface area (TPSA) is 72.7 Å². The van der Waals surface area contributed by atoms with Gasteiger partial charge in [0.1, 0.15) is 11.6 Å². The van der Waals surface area contributed by atoms with Crippen LogP contribution in [-0.4, -0.2) is 25.4 Å². The zero-order valence-corrected chi connectivity index (χ0v) is 13.1. The molecule has 116 valence electrons. The molecule has 0 unspecified atom stereocenters. The number of fused-ring (bicyclic) bond motifs is 1. The van der Waals surface area contributed by atoms with Crippen LogP contribution in [0.25, 0.3) is 22.3 Å². The molecule has 3 aromatic heterocycles. The molecule has 23 heavy (non-hydrogen) atoms. The van der Waals surface area contributed by atoms with Crippen molar-refractivity contribution in [3.8, 4) is 11.4 Å². The van der Waals surface area contributed by atoms with E-state index < -0.39 is 0 Å². The summed E-state index contributed by atoms with van der Waals surface area (Å²) in [7, 11) is 1.97. The number of nitrogens with zero attached hydrogens (tertiary/aromatic N) is 4. The van der Waals surface area contributed by atoms with Gasteiger partial charge in [-0.2, -0.15) is 0 Å². The van der Waals surface area contributed by atoms with Crippen molar-refractivity contribution in [1.29, 1.82) is 0 Å². The predicted molar refractivity (Wildman–Crippen MR) is 87.8 cm³/mol. The van der Waals surface area contributed by atoms with E-state index in [-0.39, 0.29) is 11.8 Å². The molecular formula is C17H17N5O. The molecule has 0 saturated heterocycles. The third-order valence-electron chi connectivity index (χ3n) is 4.26. The molecule has 1 fully saturated rings. The fourth-order valence-electron chi connectivity index (χ4n) is 2.54. The van der Waals surface area contributed by atoms with E-state index in [2.05, 4.69) is 15.3 Å². The summed E-state index contributed by atoms with van der Waals surface area (Å²) in [5, 5.41) is 3.80. The summed E-state index contributed by atoms with van der Waals surface area (Å²) in [6, 6.07) is 5.77. The van der Waals surface area contributed by atoms with Crippen molar-refractivity contribution in [3.63, 3.8) is 0 Å². The lowest BCUT2D eigenvalue weighted by Gasteiger charge is -2.07. The molecule has 1 aliphatic rings. The molecule has 1 amide bonds. The second kappa shape index (κ2) is 5.15. The third kappa shape index (κ3) is 2.56. The Bertz CT molecular complexity index is 910. The second-order valence-electron chi connectivity index (χ2n) is 5.97. The Hall–Kier alpha value is -2.76. The molecule has 6 heteroatoms. The van der Waals surface area contributed by atoms with Gasteiger partial charge in [-0.05, 0) is 31.9 Å². The Labute approximate surface area is 133 Å². The first-order chi connectivity index (χ1) is 11.1. The normalized spacial score (nSPS) is 14.2. The van der Waals surface area contributed by atoms with E-state index in [9.17, 15) is 4.79 Å². The van der Waals surface area contributed by atoms with Gasteiger partial charge in [-0.25, -0.2) is 15.0 Å². The van der Waals surface area contributed by atoms with Gasteiger partial charge in [-0.15, -0.1) is 0 Å². The lowest BCUT2D eigenvalue weighted by atomic mass is 10.2. The van der Waals surface area contributed by atoms with Crippen molar-refractivity contribution in [3.05, 3.63) is 36.4 Å². The minimum absolute atomic E-state index is 0.0512. The molecule has 0 aromatic carbocycles. The van der Waals surface area contributed by atoms with Gasteiger partial charge >= 0.3 is 0 Å². The largest absolute Gasteiger partial charge is 0.330 e. The summed E-state index contributed by atoms with van der Waals surface area (Å²) in [6.07, 6.45) is 5.51. The van der Waals surface area contributed by atoms with Gasteiger partial charge in [0.05, 0.1) is 23.1 Å². The van der Waals surface area contributed by atoms with Gasteiger partial charge in [0.2, 0.25) is 5.91 Å². The van der Waals surface area contributed by atoms with Crippen LogP contribution in [0, 0.1) is 12.8 Å². The first kappa shape index (κ1) is 13.9. The van der Waals surface area contributed by atoms with E-state index in [0.29, 0.717) is 5.82 Å². The van der Waals surface area contributed by atoms with E-state index in [1.165, 1.54) is 0 Å². The van der Waals surface area contributed by atoms with E-state index in [1.807, 2.05) is 42.9 Å². The Morgan fingerprint density at radius 3 is 2.78 bits per heavy atom. The van der Waals surface area contributed by atoms with Crippen molar-refractivity contribution in [2.75, 3.05) is 5.32 Å². The van der Waals surface area contributed by atoms with Gasteiger partial charge < -0.3 is 9.88 Å². The maximum atomic E-state index is 11.9. The van der Waals surface area contributed by atoms with Crippen molar-refractivity contribution in [2.24, 2.45) is 13.0 Å². The summed E-state index contributed by atoms with van der Waals surface area (Å²) >= 11 is 0. The Kier molecular flexibility index (Phi) is 3.11. The maximum absolute atomic E-state index is 11.9. The highest BCUT2D eigenvalue weighted by molar-refractivity contribution is 5.94. The first-order valence-electron chi connectivity index (χ1n) is 7.68. The molecule has 0 spiro atoms. The number of amides is 1. The van der Waals surface area contributed by atoms with Crippen LogP contribution in [0.1, 0.15) is 18.7 Å². The number of carbonyl (C=O) groups is 1. The highest BCUT2D eigenvalue weighted by Gasteiger charge is 2.29. The number of hydrogen-bond donors (Lipinski definition) is 1. The Morgan fingerprint density at radius 2 is 2.09 bits per heavy atom. The smallest absolute Gasteiger partial charge is 0.228 e. The number of rotatable bonds is 3. The van der Waals surface area contributed by atoms with Crippen LogP contribution in [0.4, 0.5) is 5.82 Å². The van der Waals surface area contributed by atoms with E-state index in [0.717, 1.165) is 41.0 Å². The van der Waals surface area contributed by atoms with E-state index >= 15 is 0 Å². The lowest BCUT2D eigenvalue weighted by Crippen LogP contribution is -2.14. The van der Waals surface area contributed by atoms with Gasteiger partial charge in [0, 0.05) is 30.6 Å². The predicted octanol–water partition coefficient (Wildman–Crippen LogP) is 2.69. The van der Waals surface area contributed by atoms with Crippen LogP contribution < -0.4 is 5.32 Å². The molecule has 4 rings (SSSR count). The standard InChI is InChI=1S/C17H17N5O/c1-10-18-9-15(22(10)2)13-6-5-12-8-19-16(7-14(12)20-13)21-17(23)11-3-4-11/h5-9,11H,3-4H2,1-2H3,(H,19,21,23). The molecule has 0 aliphatic heterocycles. The zero-order chi connectivity index (χ0) is 16.0. The average Bonchev–Trinajstić information content (AvgIpc) is 3.34. The number of anilines is 1. The van der Waals surface area contributed by atoms with Crippen LogP contribution in [-0.2, 0) is 11.8 Å². The minimum atomic E-state index is 0.0512. The summed E-state index contributed by atoms with van der Waals surface area (Å²) in [5.74, 6) is 1.70. The molecule has 0 radical (unpaired) electrons. The summed E-state index contributed by atoms with van der Waals surface area (Å²) in [4.78, 5) is 25.2. The second-order valence-corrected chi connectivity index (χ2v) is 5.97. The highest BCUT2D eigenvalue weighted by atomic mass is 16.2. The quantitative estimate of drug-likeness (QED) is 0.807. The molecule has 1 N–H and O–H groups in total. The monoisotopic (exact) mass is 307 g/mol. The van der Waals surface area contributed by atoms with E-state index in [1.54, 1.807) is 6.20 Å². The van der Waals surface area contributed by atoms with Gasteiger partial charge in [0.15, 0.2) is 0 Å². The summed E-state index contributed by atoms with van der Waals surface area (Å²) in [5.41, 5.74) is 2.62. The fourth-order valence-corrected chi connectivity index (χ4v) is 2.54. The molecule has 1 saturated carbocycles. The van der Waals surface area contributed by atoms with Crippen molar-refractivity contribution >= 4 is 22.6 Å². The van der Waals surface area contributed by atoms with Gasteiger partial charge in [-0.3, -0.25) is 4.79 Å². The number of aromatic nitrogens is 4. The SMILES string of the molecule is Cc1ncc(-c2ccc3cnc(NC(=O)C4CC4)cc3n2)n1C. The highest BCUT2D eigenvalue weighted by Crippen LogP contribution is 2.30. The van der Waals surface area contributed by atoms with Crippen LogP contribution in [0.3, 0.4) is 0 Å². The molecule has 0 bridgehead atoms. The Balaban J connectivity index is 1.71. The number of aryl methyl sites for hydroxylation is 1. The summed E-state index contributed by atoms with van der Waals surface area (Å²) in [6.45, 7) is 1.96. The first-order valence-corrected chi connectivity index (χ1v) is 7.68. The average molecular weight is 307 g/mol. The minimum Gasteiger partial charge on any atom is -0.330 e. The molecular weight excluding hydrogens is 290 g/mol. The van der Waals surface area contributed by atoms with Crippen molar-refractivity contribution in [1.82, 2.24) is 19.5 Å². The molecule has 0 atom stereocenters. The number of nitrogens with one attached hydrogen (secondary N) is 1. The molecule has 6 nitrogen and oxygen atoms in total. The van der Waals surface area contributed by atoms with Crippen molar-refractivity contribution in [2.45, 2.75) is 19.8 Å². The molecule has 3 heterocycles. The Morgan fingerprint density at radius 1 is 1.26 bits per heavy atom. The number of hydrogen-bond acceptors (Lipinski definition) is 4. The number of carbonyl (C=O) groups excluding carboxylic acids is 1. The molecule has 3 aromatic rings. The number of pyridine rings is 2. The van der Waals surface area contributed by atoms with Gasteiger partial charge in [-0.1, -0.05) is 0 Å². The zero-order valence-electron chi connectivity index (χ0n) is 13.1. The lowest BCUT2D eigenvalue weighted by molar-refractivity contribution is -0.117. The fraction of sp³-hybridized carbons (Fsp3) is 0.294. The van der Waals surface area contributed by atoms with Crippen LogP contribution >= 0.6 is 0 Å². The van der Waals surface area contributed by atoms with Crippen LogP contribution in [0.5, 0.6) is 0 Å². The molecule has 1 aliphatic carbocycles. The van der Waals surface area contributed by atoms with Gasteiger partial charge in [0.25, 0.3) is 0 Å². The van der Waals surface area contributed by atoms with E-state index in [4.69, 9.17) is 4.98 Å². The third-order valence-corrected chi connectivity index (χ3v) is 4.26.